The third-order valence-corrected chi connectivity index (χ3v) is 2.53. The molecule has 0 radical (unpaired) electrons. The van der Waals surface area contributed by atoms with Crippen LogP contribution < -0.4 is 11.5 Å². The van der Waals surface area contributed by atoms with E-state index in [0.29, 0.717) is 19.2 Å². The van der Waals surface area contributed by atoms with Crippen molar-refractivity contribution in [2.45, 2.75) is 32.0 Å². The quantitative estimate of drug-likeness (QED) is 0.608. The van der Waals surface area contributed by atoms with E-state index in [9.17, 15) is 4.79 Å². The Morgan fingerprint density at radius 1 is 1.64 bits per heavy atom. The summed E-state index contributed by atoms with van der Waals surface area (Å²) >= 11 is 0. The van der Waals surface area contributed by atoms with Crippen LogP contribution in [0, 0.1) is 0 Å². The zero-order valence-electron chi connectivity index (χ0n) is 8.77. The molecule has 1 heterocycles. The van der Waals surface area contributed by atoms with E-state index in [1.54, 1.807) is 0 Å². The van der Waals surface area contributed by atoms with E-state index in [0.717, 1.165) is 6.54 Å². The van der Waals surface area contributed by atoms with Gasteiger partial charge in [-0.05, 0) is 13.8 Å². The van der Waals surface area contributed by atoms with Gasteiger partial charge in [0.05, 0.1) is 18.8 Å². The van der Waals surface area contributed by atoms with E-state index in [2.05, 4.69) is 11.8 Å². The Hall–Kier alpha value is -0.650. The Balaban J connectivity index is 2.45. The van der Waals surface area contributed by atoms with Crippen molar-refractivity contribution in [1.29, 1.82) is 0 Å². The van der Waals surface area contributed by atoms with Crippen LogP contribution in [0.15, 0.2) is 0 Å². The smallest absolute Gasteiger partial charge is 0.235 e. The number of nitrogens with two attached hydrogens (primary N) is 2. The fourth-order valence-electron chi connectivity index (χ4n) is 1.57. The van der Waals surface area contributed by atoms with Gasteiger partial charge in [-0.15, -0.1) is 0 Å². The first-order chi connectivity index (χ1) is 6.50. The van der Waals surface area contributed by atoms with Crippen LogP contribution in [0.5, 0.6) is 0 Å². The van der Waals surface area contributed by atoms with E-state index in [4.69, 9.17) is 16.2 Å². The number of carbonyl (C=O) groups is 1. The minimum Gasteiger partial charge on any atom is -0.376 e. The lowest BCUT2D eigenvalue weighted by Gasteiger charge is -2.37. The molecule has 0 aromatic heterocycles. The van der Waals surface area contributed by atoms with Crippen molar-refractivity contribution in [2.24, 2.45) is 11.5 Å². The van der Waals surface area contributed by atoms with Gasteiger partial charge in [-0.2, -0.15) is 0 Å². The van der Waals surface area contributed by atoms with Crippen molar-refractivity contribution in [3.63, 3.8) is 0 Å². The van der Waals surface area contributed by atoms with E-state index in [1.165, 1.54) is 0 Å². The van der Waals surface area contributed by atoms with Crippen molar-refractivity contribution in [3.8, 4) is 0 Å². The lowest BCUT2D eigenvalue weighted by atomic mass is 10.1. The molecule has 5 heteroatoms. The van der Waals surface area contributed by atoms with Crippen molar-refractivity contribution in [1.82, 2.24) is 4.90 Å². The molecule has 0 saturated carbocycles. The molecule has 3 unspecified atom stereocenters. The maximum Gasteiger partial charge on any atom is 0.235 e. The molecule has 3 atom stereocenters. The number of carbonyl (C=O) groups excluding carboxylic acids is 1. The minimum absolute atomic E-state index is 0.200. The molecule has 82 valence electrons. The summed E-state index contributed by atoms with van der Waals surface area (Å²) in [6, 6.07) is -0.278. The van der Waals surface area contributed by atoms with E-state index >= 15 is 0 Å². The van der Waals surface area contributed by atoms with Crippen LogP contribution >= 0.6 is 0 Å². The van der Waals surface area contributed by atoms with Gasteiger partial charge in [0.2, 0.25) is 5.91 Å². The fourth-order valence-corrected chi connectivity index (χ4v) is 1.57. The summed E-state index contributed by atoms with van der Waals surface area (Å²) < 4.78 is 5.46. The number of ether oxygens (including phenoxy) is 1. The third kappa shape index (κ3) is 2.94. The SMILES string of the molecule is CC1CN(CC(N)C(N)=O)C(C)CO1. The molecule has 0 aromatic rings. The van der Waals surface area contributed by atoms with Crippen molar-refractivity contribution >= 4 is 5.91 Å². The molecule has 1 amide bonds. The molecule has 0 aliphatic carbocycles. The Morgan fingerprint density at radius 3 is 2.86 bits per heavy atom. The van der Waals surface area contributed by atoms with Gasteiger partial charge in [0.1, 0.15) is 0 Å². The zero-order chi connectivity index (χ0) is 10.7. The van der Waals surface area contributed by atoms with Gasteiger partial charge in [0.25, 0.3) is 0 Å². The predicted octanol–water partition coefficient (Wildman–Crippen LogP) is -1.09. The summed E-state index contributed by atoms with van der Waals surface area (Å²) in [5.74, 6) is -0.448. The molecular weight excluding hydrogens is 182 g/mol. The first-order valence-electron chi connectivity index (χ1n) is 4.91. The van der Waals surface area contributed by atoms with Gasteiger partial charge in [-0.25, -0.2) is 0 Å². The molecule has 1 saturated heterocycles. The maximum atomic E-state index is 10.8. The van der Waals surface area contributed by atoms with Crippen LogP contribution in [-0.4, -0.2) is 48.7 Å². The molecule has 0 bridgehead atoms. The molecule has 1 rings (SSSR count). The van der Waals surface area contributed by atoms with Crippen LogP contribution in [0.3, 0.4) is 0 Å². The number of amides is 1. The molecule has 4 N–H and O–H groups in total. The highest BCUT2D eigenvalue weighted by Gasteiger charge is 2.25. The largest absolute Gasteiger partial charge is 0.376 e. The van der Waals surface area contributed by atoms with E-state index in [-0.39, 0.29) is 6.10 Å². The first kappa shape index (κ1) is 11.4. The van der Waals surface area contributed by atoms with Gasteiger partial charge in [0.15, 0.2) is 0 Å². The second-order valence-electron chi connectivity index (χ2n) is 3.96. The standard InChI is InChI=1S/C9H19N3O2/c1-6-5-14-7(2)3-12(6)4-8(10)9(11)13/h6-8H,3-5,10H2,1-2H3,(H2,11,13). The van der Waals surface area contributed by atoms with Crippen LogP contribution in [0.25, 0.3) is 0 Å². The maximum absolute atomic E-state index is 10.8. The Morgan fingerprint density at radius 2 is 2.29 bits per heavy atom. The molecule has 1 aliphatic rings. The number of hydrogen-bond acceptors (Lipinski definition) is 4. The lowest BCUT2D eigenvalue weighted by Crippen LogP contribution is -2.54. The van der Waals surface area contributed by atoms with Crippen molar-refractivity contribution in [2.75, 3.05) is 19.7 Å². The summed E-state index contributed by atoms with van der Waals surface area (Å²) in [7, 11) is 0. The van der Waals surface area contributed by atoms with Gasteiger partial charge < -0.3 is 16.2 Å². The average Bonchev–Trinajstić information content (AvgIpc) is 2.11. The molecule has 0 aromatic carbocycles. The topological polar surface area (TPSA) is 81.6 Å². The summed E-state index contributed by atoms with van der Waals surface area (Å²) in [4.78, 5) is 12.9. The second kappa shape index (κ2) is 4.72. The summed E-state index contributed by atoms with van der Waals surface area (Å²) in [5.41, 5.74) is 10.7. The van der Waals surface area contributed by atoms with Gasteiger partial charge in [-0.3, -0.25) is 9.69 Å². The zero-order valence-corrected chi connectivity index (χ0v) is 8.77. The third-order valence-electron chi connectivity index (χ3n) is 2.53. The van der Waals surface area contributed by atoms with Crippen molar-refractivity contribution < 1.29 is 9.53 Å². The highest BCUT2D eigenvalue weighted by molar-refractivity contribution is 5.79. The van der Waals surface area contributed by atoms with Crippen LogP contribution in [0.2, 0.25) is 0 Å². The number of hydrogen-bond donors (Lipinski definition) is 2. The van der Waals surface area contributed by atoms with Crippen molar-refractivity contribution in [3.05, 3.63) is 0 Å². The molecule has 1 aliphatic heterocycles. The first-order valence-corrected chi connectivity index (χ1v) is 4.91. The van der Waals surface area contributed by atoms with Gasteiger partial charge in [-0.1, -0.05) is 0 Å². The number of nitrogens with zero attached hydrogens (tertiary/aromatic N) is 1. The normalized spacial score (nSPS) is 31.4. The van der Waals surface area contributed by atoms with Crippen LogP contribution in [0.4, 0.5) is 0 Å². The monoisotopic (exact) mass is 201 g/mol. The van der Waals surface area contributed by atoms with E-state index < -0.39 is 11.9 Å². The second-order valence-corrected chi connectivity index (χ2v) is 3.96. The van der Waals surface area contributed by atoms with Gasteiger partial charge >= 0.3 is 0 Å². The number of rotatable bonds is 3. The molecule has 1 fully saturated rings. The molecular formula is C9H19N3O2. The molecule has 14 heavy (non-hydrogen) atoms. The van der Waals surface area contributed by atoms with Crippen LogP contribution in [-0.2, 0) is 9.53 Å². The molecule has 5 nitrogen and oxygen atoms in total. The average molecular weight is 201 g/mol. The Bertz CT molecular complexity index is 210. The minimum atomic E-state index is -0.581. The number of morpholine rings is 1. The van der Waals surface area contributed by atoms with Crippen LogP contribution in [0.1, 0.15) is 13.8 Å². The molecule has 0 spiro atoms. The summed E-state index contributed by atoms with van der Waals surface area (Å²) in [5, 5.41) is 0. The predicted molar refractivity (Wildman–Crippen MR) is 53.6 cm³/mol. The number of primary amides is 1. The fraction of sp³-hybridized carbons (Fsp3) is 0.889. The Kier molecular flexibility index (Phi) is 3.86. The Labute approximate surface area is 84.4 Å². The lowest BCUT2D eigenvalue weighted by molar-refractivity contribution is -0.120. The summed E-state index contributed by atoms with van der Waals surface area (Å²) in [6.07, 6.45) is 0.200. The van der Waals surface area contributed by atoms with Gasteiger partial charge in [0, 0.05) is 19.1 Å². The highest BCUT2D eigenvalue weighted by Crippen LogP contribution is 2.10. The van der Waals surface area contributed by atoms with E-state index in [1.807, 2.05) is 6.92 Å². The highest BCUT2D eigenvalue weighted by atomic mass is 16.5. The summed E-state index contributed by atoms with van der Waals surface area (Å²) in [6.45, 7) is 6.08.